The van der Waals surface area contributed by atoms with E-state index < -0.39 is 5.56 Å². The molecule has 0 atom stereocenters. The van der Waals surface area contributed by atoms with Crippen LogP contribution in [0.2, 0.25) is 5.02 Å². The van der Waals surface area contributed by atoms with Crippen LogP contribution in [0.15, 0.2) is 26.1 Å². The topological polar surface area (TPSA) is 96.4 Å². The van der Waals surface area contributed by atoms with Gasteiger partial charge in [0.15, 0.2) is 5.16 Å². The van der Waals surface area contributed by atoms with Gasteiger partial charge in [0.05, 0.1) is 6.33 Å². The third-order valence-corrected chi connectivity index (χ3v) is 3.58. The minimum atomic E-state index is -0.428. The third-order valence-electron chi connectivity index (χ3n) is 2.14. The van der Waals surface area contributed by atoms with Gasteiger partial charge in [-0.3, -0.25) is 9.36 Å². The second-order valence-electron chi connectivity index (χ2n) is 3.73. The van der Waals surface area contributed by atoms with E-state index in [0.29, 0.717) is 10.2 Å². The Morgan fingerprint density at radius 1 is 1.44 bits per heavy atom. The molecule has 0 saturated heterocycles. The molecule has 2 rings (SSSR count). The molecule has 0 spiro atoms. The molecule has 0 aromatic carbocycles. The average molecular weight is 288 g/mol. The van der Waals surface area contributed by atoms with Crippen LogP contribution in [0.1, 0.15) is 19.9 Å². The molecule has 0 radical (unpaired) electrons. The molecule has 0 amide bonds. The van der Waals surface area contributed by atoms with Gasteiger partial charge in [0.1, 0.15) is 10.0 Å². The van der Waals surface area contributed by atoms with Gasteiger partial charge in [0, 0.05) is 6.04 Å². The van der Waals surface area contributed by atoms with Gasteiger partial charge in [-0.2, -0.15) is 0 Å². The summed E-state index contributed by atoms with van der Waals surface area (Å²) in [7, 11) is 0. The van der Waals surface area contributed by atoms with Crippen LogP contribution >= 0.6 is 23.4 Å². The third kappa shape index (κ3) is 2.34. The molecule has 0 unspecified atom stereocenters. The number of hydrogen-bond acceptors (Lipinski definition) is 5. The van der Waals surface area contributed by atoms with Gasteiger partial charge in [-0.15, -0.1) is 5.10 Å². The van der Waals surface area contributed by atoms with Crippen molar-refractivity contribution in [3.8, 4) is 0 Å². The Balaban J connectivity index is 2.44. The summed E-state index contributed by atoms with van der Waals surface area (Å²) in [6.45, 7) is 3.71. The summed E-state index contributed by atoms with van der Waals surface area (Å²) in [6.07, 6.45) is 1.25. The highest BCUT2D eigenvalue weighted by atomic mass is 35.5. The number of aromatic amines is 2. The van der Waals surface area contributed by atoms with Crippen LogP contribution < -0.4 is 11.2 Å². The van der Waals surface area contributed by atoms with Crippen molar-refractivity contribution in [2.24, 2.45) is 0 Å². The predicted octanol–water partition coefficient (Wildman–Crippen LogP) is 1.04. The lowest BCUT2D eigenvalue weighted by Gasteiger charge is -2.08. The fraction of sp³-hybridized carbons (Fsp3) is 0.333. The quantitative estimate of drug-likeness (QED) is 0.822. The van der Waals surface area contributed by atoms with E-state index in [4.69, 9.17) is 11.6 Å². The van der Waals surface area contributed by atoms with E-state index in [-0.39, 0.29) is 16.8 Å². The predicted molar refractivity (Wildman–Crippen MR) is 67.2 cm³/mol. The Kier molecular flexibility index (Phi) is 3.58. The Morgan fingerprint density at radius 2 is 2.17 bits per heavy atom. The number of aromatic nitrogens is 5. The number of nitrogens with zero attached hydrogens (tertiary/aromatic N) is 3. The molecule has 0 fully saturated rings. The van der Waals surface area contributed by atoms with Crippen LogP contribution in [0.3, 0.4) is 0 Å². The summed E-state index contributed by atoms with van der Waals surface area (Å²) in [4.78, 5) is 29.2. The lowest BCUT2D eigenvalue weighted by atomic mass is 10.4. The fourth-order valence-corrected chi connectivity index (χ4v) is 2.51. The number of hydrogen-bond donors (Lipinski definition) is 2. The Hall–Kier alpha value is -1.54. The summed E-state index contributed by atoms with van der Waals surface area (Å²) in [5.74, 6) is 0. The molecule has 2 aromatic rings. The van der Waals surface area contributed by atoms with E-state index in [1.54, 1.807) is 0 Å². The van der Waals surface area contributed by atoms with Crippen LogP contribution in [0, 0.1) is 0 Å². The molecule has 7 nitrogen and oxygen atoms in total. The van der Waals surface area contributed by atoms with Gasteiger partial charge in [-0.05, 0) is 25.6 Å². The monoisotopic (exact) mass is 287 g/mol. The second kappa shape index (κ2) is 4.99. The minimum Gasteiger partial charge on any atom is -0.312 e. The molecule has 2 aromatic heterocycles. The number of halogens is 1. The molecule has 18 heavy (non-hydrogen) atoms. The van der Waals surface area contributed by atoms with Crippen molar-refractivity contribution in [2.45, 2.75) is 30.1 Å². The maximum Gasteiger partial charge on any atom is 0.344 e. The van der Waals surface area contributed by atoms with Gasteiger partial charge < -0.3 is 4.98 Å². The highest BCUT2D eigenvalue weighted by Crippen LogP contribution is 2.28. The number of nitrogens with one attached hydrogen (secondary N) is 2. The normalized spacial score (nSPS) is 11.1. The van der Waals surface area contributed by atoms with Gasteiger partial charge in [-0.25, -0.2) is 14.9 Å². The van der Waals surface area contributed by atoms with Gasteiger partial charge >= 0.3 is 5.69 Å². The molecule has 0 saturated carbocycles. The minimum absolute atomic E-state index is 0.0201. The summed E-state index contributed by atoms with van der Waals surface area (Å²) in [5.41, 5.74) is -0.739. The lowest BCUT2D eigenvalue weighted by Crippen LogP contribution is -2.19. The van der Waals surface area contributed by atoms with Gasteiger partial charge in [0.25, 0.3) is 5.56 Å². The standard InChI is InChI=1S/C9H10ClN5O2S/c1-4(2)15-8(17)13-14-9(15)18-7-5(10)6(16)11-3-12-7/h3-4H,1-2H3,(H,13,17)(H,11,12,16). The van der Waals surface area contributed by atoms with Crippen LogP contribution in [0.25, 0.3) is 0 Å². The molecule has 2 N–H and O–H groups in total. The Morgan fingerprint density at radius 3 is 2.83 bits per heavy atom. The summed E-state index contributed by atoms with van der Waals surface area (Å²) >= 11 is 6.89. The van der Waals surface area contributed by atoms with E-state index in [1.807, 2.05) is 13.8 Å². The molecule has 2 heterocycles. The van der Waals surface area contributed by atoms with Crippen LogP contribution in [0.5, 0.6) is 0 Å². The lowest BCUT2D eigenvalue weighted by molar-refractivity contribution is 0.534. The second-order valence-corrected chi connectivity index (χ2v) is 5.06. The first-order valence-electron chi connectivity index (χ1n) is 5.08. The summed E-state index contributed by atoms with van der Waals surface area (Å²) in [5, 5.41) is 6.93. The van der Waals surface area contributed by atoms with Crippen LogP contribution in [0.4, 0.5) is 0 Å². The van der Waals surface area contributed by atoms with Crippen molar-refractivity contribution in [2.75, 3.05) is 0 Å². The summed E-state index contributed by atoms with van der Waals surface area (Å²) in [6, 6.07) is -0.0560. The zero-order chi connectivity index (χ0) is 13.3. The van der Waals surface area contributed by atoms with E-state index in [1.165, 1.54) is 10.9 Å². The Bertz CT molecular complexity index is 674. The van der Waals surface area contributed by atoms with Gasteiger partial charge in [0.2, 0.25) is 0 Å². The molecule has 0 aliphatic heterocycles. The molecular weight excluding hydrogens is 278 g/mol. The number of H-pyrrole nitrogens is 2. The summed E-state index contributed by atoms with van der Waals surface area (Å²) < 4.78 is 1.46. The molecule has 0 bridgehead atoms. The first-order chi connectivity index (χ1) is 8.50. The van der Waals surface area contributed by atoms with E-state index in [2.05, 4.69) is 20.2 Å². The van der Waals surface area contributed by atoms with Crippen molar-refractivity contribution < 1.29 is 0 Å². The molecule has 0 aliphatic rings. The van der Waals surface area contributed by atoms with E-state index in [0.717, 1.165) is 11.8 Å². The first kappa shape index (κ1) is 12.9. The zero-order valence-corrected chi connectivity index (χ0v) is 11.2. The van der Waals surface area contributed by atoms with E-state index in [9.17, 15) is 9.59 Å². The van der Waals surface area contributed by atoms with Crippen molar-refractivity contribution >= 4 is 23.4 Å². The average Bonchev–Trinajstić information content (AvgIpc) is 2.66. The van der Waals surface area contributed by atoms with Gasteiger partial charge in [-0.1, -0.05) is 11.6 Å². The maximum atomic E-state index is 11.5. The zero-order valence-electron chi connectivity index (χ0n) is 9.60. The highest BCUT2D eigenvalue weighted by molar-refractivity contribution is 7.99. The maximum absolute atomic E-state index is 11.5. The molecule has 96 valence electrons. The van der Waals surface area contributed by atoms with Crippen molar-refractivity contribution in [3.05, 3.63) is 32.2 Å². The van der Waals surface area contributed by atoms with Crippen molar-refractivity contribution in [1.29, 1.82) is 0 Å². The molecular formula is C9H10ClN5O2S. The van der Waals surface area contributed by atoms with Crippen LogP contribution in [-0.4, -0.2) is 24.7 Å². The van der Waals surface area contributed by atoms with Crippen molar-refractivity contribution in [3.63, 3.8) is 0 Å². The molecule has 9 heteroatoms. The fourth-order valence-electron chi connectivity index (χ4n) is 1.34. The highest BCUT2D eigenvalue weighted by Gasteiger charge is 2.16. The van der Waals surface area contributed by atoms with E-state index >= 15 is 0 Å². The van der Waals surface area contributed by atoms with Crippen LogP contribution in [-0.2, 0) is 0 Å². The largest absolute Gasteiger partial charge is 0.344 e. The SMILES string of the molecule is CC(C)n1c(Sc2nc[nH]c(=O)c2Cl)n[nH]c1=O. The Labute approximate surface area is 111 Å². The molecule has 0 aliphatic carbocycles. The smallest absolute Gasteiger partial charge is 0.312 e. The van der Waals surface area contributed by atoms with Crippen molar-refractivity contribution in [1.82, 2.24) is 24.7 Å². The number of rotatable bonds is 3. The first-order valence-corrected chi connectivity index (χ1v) is 6.28.